The molecule has 34 heavy (non-hydrogen) atoms. The number of carbonyl (C=O) groups excluding carboxylic acids is 2. The van der Waals surface area contributed by atoms with E-state index in [1.165, 1.54) is 24.9 Å². The number of nitrogens with one attached hydrogen (secondary N) is 2. The first-order chi connectivity index (χ1) is 16.4. The topological polar surface area (TPSA) is 91.6 Å². The summed E-state index contributed by atoms with van der Waals surface area (Å²) in [7, 11) is 1.75. The largest absolute Gasteiger partial charge is 0.329 e. The number of aromatic nitrogens is 2. The summed E-state index contributed by atoms with van der Waals surface area (Å²) >= 11 is 0. The highest BCUT2D eigenvalue weighted by Gasteiger charge is 2.31. The summed E-state index contributed by atoms with van der Waals surface area (Å²) in [5.74, 6) is 0.139. The molecule has 4 heterocycles. The molecule has 184 valence electrons. The number of hydrogen-bond acceptors (Lipinski definition) is 6. The molecule has 1 unspecified atom stereocenters. The van der Waals surface area contributed by atoms with Gasteiger partial charge in [0, 0.05) is 52.2 Å². The van der Waals surface area contributed by atoms with Crippen LogP contribution >= 0.6 is 0 Å². The van der Waals surface area contributed by atoms with Gasteiger partial charge < -0.3 is 5.32 Å². The number of piperazine rings is 1. The Kier molecular flexibility index (Phi) is 6.59. The molecule has 2 aromatic rings. The summed E-state index contributed by atoms with van der Waals surface area (Å²) in [5, 5.41) is 5.83. The van der Waals surface area contributed by atoms with Crippen LogP contribution in [0.5, 0.6) is 0 Å². The first kappa shape index (κ1) is 23.3. The predicted molar refractivity (Wildman–Crippen MR) is 131 cm³/mol. The zero-order chi connectivity index (χ0) is 23.8. The fraction of sp³-hybridized carbons (Fsp3) is 0.640. The first-order valence-electron chi connectivity index (χ1n) is 12.6. The van der Waals surface area contributed by atoms with Crippen molar-refractivity contribution in [3.8, 4) is 0 Å². The molecule has 2 amide bonds. The quantitative estimate of drug-likeness (QED) is 0.632. The Morgan fingerprint density at radius 3 is 2.56 bits per heavy atom. The van der Waals surface area contributed by atoms with Crippen LogP contribution in [0.2, 0.25) is 0 Å². The second-order valence-electron chi connectivity index (χ2n) is 10.3. The second-order valence-corrected chi connectivity index (χ2v) is 10.3. The van der Waals surface area contributed by atoms with Crippen molar-refractivity contribution < 1.29 is 9.59 Å². The third-order valence-electron chi connectivity index (χ3n) is 7.88. The van der Waals surface area contributed by atoms with Crippen molar-refractivity contribution >= 4 is 22.8 Å². The fourth-order valence-electron chi connectivity index (χ4n) is 5.88. The molecule has 0 saturated carbocycles. The van der Waals surface area contributed by atoms with Gasteiger partial charge in [-0.15, -0.1) is 0 Å². The van der Waals surface area contributed by atoms with Gasteiger partial charge in [-0.05, 0) is 62.9 Å². The highest BCUT2D eigenvalue weighted by Crippen LogP contribution is 2.25. The number of aryl methyl sites for hydroxylation is 1. The molecule has 3 aliphatic heterocycles. The van der Waals surface area contributed by atoms with E-state index in [1.54, 1.807) is 16.2 Å². The number of imidazole rings is 1. The molecule has 0 aliphatic carbocycles. The predicted octanol–water partition coefficient (Wildman–Crippen LogP) is 0.823. The van der Waals surface area contributed by atoms with Crippen LogP contribution in [0.1, 0.15) is 44.2 Å². The van der Waals surface area contributed by atoms with Crippen LogP contribution < -0.4 is 16.3 Å². The van der Waals surface area contributed by atoms with Crippen LogP contribution in [-0.2, 0) is 23.2 Å². The number of benzene rings is 1. The molecule has 1 aromatic carbocycles. The molecular weight excluding hydrogens is 432 g/mol. The van der Waals surface area contributed by atoms with E-state index in [0.29, 0.717) is 12.5 Å². The van der Waals surface area contributed by atoms with E-state index < -0.39 is 11.9 Å². The van der Waals surface area contributed by atoms with E-state index in [1.807, 2.05) is 6.07 Å². The van der Waals surface area contributed by atoms with E-state index >= 15 is 0 Å². The lowest BCUT2D eigenvalue weighted by Gasteiger charge is -2.42. The zero-order valence-electron chi connectivity index (χ0n) is 20.3. The van der Waals surface area contributed by atoms with Gasteiger partial charge >= 0.3 is 5.69 Å². The summed E-state index contributed by atoms with van der Waals surface area (Å²) in [5.41, 5.74) is 2.51. The van der Waals surface area contributed by atoms with Gasteiger partial charge in [0.15, 0.2) is 0 Å². The number of nitrogens with zero attached hydrogens (tertiary/aromatic N) is 4. The Balaban J connectivity index is 1.28. The average molecular weight is 469 g/mol. The number of amides is 2. The molecule has 9 nitrogen and oxygen atoms in total. The van der Waals surface area contributed by atoms with Crippen molar-refractivity contribution in [1.82, 2.24) is 29.6 Å². The SMILES string of the molecule is C[C@H]1CN(Cc2ccc3c(c2)n(C)c(=O)n3C2CCC(=O)NC2=O)CCN1CC1CCNCC1. The third kappa shape index (κ3) is 4.56. The highest BCUT2D eigenvalue weighted by molar-refractivity contribution is 6.00. The molecule has 0 radical (unpaired) electrons. The third-order valence-corrected chi connectivity index (χ3v) is 7.88. The zero-order valence-corrected chi connectivity index (χ0v) is 20.3. The summed E-state index contributed by atoms with van der Waals surface area (Å²) < 4.78 is 3.16. The van der Waals surface area contributed by atoms with Gasteiger partial charge in [0.05, 0.1) is 11.0 Å². The Labute approximate surface area is 200 Å². The second kappa shape index (κ2) is 9.64. The summed E-state index contributed by atoms with van der Waals surface area (Å²) in [6, 6.07) is 5.98. The number of carbonyl (C=O) groups is 2. The smallest absolute Gasteiger partial charge is 0.317 e. The molecule has 3 saturated heterocycles. The van der Waals surface area contributed by atoms with Gasteiger partial charge in [0.25, 0.3) is 0 Å². The van der Waals surface area contributed by atoms with Gasteiger partial charge in [-0.3, -0.25) is 33.8 Å². The average Bonchev–Trinajstić information content (AvgIpc) is 3.06. The molecule has 9 heteroatoms. The van der Waals surface area contributed by atoms with Gasteiger partial charge in [-0.1, -0.05) is 6.07 Å². The molecule has 0 spiro atoms. The van der Waals surface area contributed by atoms with Gasteiger partial charge in [-0.25, -0.2) is 4.79 Å². The van der Waals surface area contributed by atoms with Crippen LogP contribution in [0, 0.1) is 5.92 Å². The number of rotatable bonds is 5. The van der Waals surface area contributed by atoms with E-state index in [0.717, 1.165) is 56.2 Å². The van der Waals surface area contributed by atoms with E-state index in [4.69, 9.17) is 0 Å². The van der Waals surface area contributed by atoms with Gasteiger partial charge in [0.2, 0.25) is 11.8 Å². The van der Waals surface area contributed by atoms with Crippen molar-refractivity contribution in [2.75, 3.05) is 39.3 Å². The lowest BCUT2D eigenvalue weighted by atomic mass is 9.96. The lowest BCUT2D eigenvalue weighted by Crippen LogP contribution is -2.53. The minimum absolute atomic E-state index is 0.221. The number of piperidine rings is 2. The van der Waals surface area contributed by atoms with Crippen molar-refractivity contribution in [2.45, 2.75) is 51.2 Å². The minimum Gasteiger partial charge on any atom is -0.317 e. The van der Waals surface area contributed by atoms with E-state index in [2.05, 4.69) is 39.5 Å². The Bertz CT molecular complexity index is 1130. The maximum atomic E-state index is 13.0. The van der Waals surface area contributed by atoms with Crippen LogP contribution in [0.25, 0.3) is 11.0 Å². The van der Waals surface area contributed by atoms with Gasteiger partial charge in [0.1, 0.15) is 6.04 Å². The highest BCUT2D eigenvalue weighted by atomic mass is 16.2. The fourth-order valence-corrected chi connectivity index (χ4v) is 5.88. The summed E-state index contributed by atoms with van der Waals surface area (Å²) in [4.78, 5) is 42.1. The van der Waals surface area contributed by atoms with Gasteiger partial charge in [-0.2, -0.15) is 0 Å². The Morgan fingerprint density at radius 1 is 1.03 bits per heavy atom. The summed E-state index contributed by atoms with van der Waals surface area (Å²) in [6.45, 7) is 9.86. The monoisotopic (exact) mass is 468 g/mol. The molecule has 3 aliphatic rings. The van der Waals surface area contributed by atoms with Crippen LogP contribution in [-0.4, -0.2) is 76.1 Å². The minimum atomic E-state index is -0.645. The Morgan fingerprint density at radius 2 is 1.82 bits per heavy atom. The number of imide groups is 1. The summed E-state index contributed by atoms with van der Waals surface area (Å²) in [6.07, 6.45) is 3.17. The van der Waals surface area contributed by atoms with Crippen molar-refractivity contribution in [2.24, 2.45) is 13.0 Å². The molecule has 1 aromatic heterocycles. The molecule has 2 N–H and O–H groups in total. The van der Waals surface area contributed by atoms with Crippen molar-refractivity contribution in [3.63, 3.8) is 0 Å². The van der Waals surface area contributed by atoms with E-state index in [-0.39, 0.29) is 18.0 Å². The molecule has 2 atom stereocenters. The number of fused-ring (bicyclic) bond motifs is 1. The maximum absolute atomic E-state index is 13.0. The molecule has 0 bridgehead atoms. The van der Waals surface area contributed by atoms with Crippen LogP contribution in [0.4, 0.5) is 0 Å². The van der Waals surface area contributed by atoms with Crippen molar-refractivity contribution in [1.29, 1.82) is 0 Å². The maximum Gasteiger partial charge on any atom is 0.329 e. The Hall–Kier alpha value is -2.49. The lowest BCUT2D eigenvalue weighted by molar-refractivity contribution is -0.135. The van der Waals surface area contributed by atoms with Crippen molar-refractivity contribution in [3.05, 3.63) is 34.2 Å². The van der Waals surface area contributed by atoms with Crippen LogP contribution in [0.15, 0.2) is 23.0 Å². The molecule has 3 fully saturated rings. The number of hydrogen-bond donors (Lipinski definition) is 2. The molecule has 5 rings (SSSR count). The molecular formula is C25H36N6O3. The first-order valence-corrected chi connectivity index (χ1v) is 12.6. The van der Waals surface area contributed by atoms with Crippen LogP contribution in [0.3, 0.4) is 0 Å². The van der Waals surface area contributed by atoms with E-state index in [9.17, 15) is 14.4 Å². The standard InChI is InChI=1S/C25H36N6O3/c1-17-14-29(11-12-30(17)16-18-7-9-26-10-8-18)15-19-3-4-20-22(13-19)28(2)25(34)31(20)21-5-6-23(32)27-24(21)33/h3-4,13,17-18,21,26H,5-12,14-16H2,1-2H3,(H,27,32,33)/t17-,21?/m0/s1. The normalized spacial score (nSPS) is 25.7.